The Balaban J connectivity index is 2.39. The van der Waals surface area contributed by atoms with Crippen LogP contribution in [0.1, 0.15) is 29.0 Å². The lowest BCUT2D eigenvalue weighted by atomic mass is 10.1. The average Bonchev–Trinajstić information content (AvgIpc) is 2.46. The molecule has 0 radical (unpaired) electrons. The summed E-state index contributed by atoms with van der Waals surface area (Å²) in [4.78, 5) is 10.3. The Hall–Kier alpha value is -1.12. The summed E-state index contributed by atoms with van der Waals surface area (Å²) in [6.45, 7) is 0.975. The molecule has 3 heteroatoms. The van der Waals surface area contributed by atoms with Gasteiger partial charge in [0.2, 0.25) is 0 Å². The Morgan fingerprint density at radius 1 is 1.55 bits per heavy atom. The van der Waals surface area contributed by atoms with Crippen molar-refractivity contribution in [2.75, 3.05) is 0 Å². The molecule has 0 aromatic carbocycles. The molecule has 0 saturated heterocycles. The van der Waals surface area contributed by atoms with Crippen LogP contribution in [-0.4, -0.2) is 16.1 Å². The van der Waals surface area contributed by atoms with Crippen molar-refractivity contribution in [3.05, 3.63) is 17.5 Å². The molecule has 2 rings (SSSR count). The van der Waals surface area contributed by atoms with E-state index in [1.54, 1.807) is 0 Å². The van der Waals surface area contributed by atoms with Gasteiger partial charge in [0, 0.05) is 12.2 Å². The highest BCUT2D eigenvalue weighted by Gasteiger charge is 2.10. The van der Waals surface area contributed by atoms with Crippen LogP contribution < -0.4 is 0 Å². The number of rotatable bonds is 1. The molecule has 3 nitrogen and oxygen atoms in total. The second kappa shape index (κ2) is 2.49. The van der Waals surface area contributed by atoms with E-state index in [-0.39, 0.29) is 0 Å². The second-order valence-electron chi connectivity index (χ2n) is 2.86. The number of carbonyl (C=O) groups is 1. The first-order chi connectivity index (χ1) is 5.40. The molecular formula is C8H10N2O. The number of hydrogen-bond donors (Lipinski definition) is 0. The zero-order valence-electron chi connectivity index (χ0n) is 6.29. The topological polar surface area (TPSA) is 34.9 Å². The van der Waals surface area contributed by atoms with Gasteiger partial charge in [0.05, 0.1) is 0 Å². The Kier molecular flexibility index (Phi) is 1.49. The molecule has 1 aliphatic heterocycles. The van der Waals surface area contributed by atoms with Crippen molar-refractivity contribution in [3.63, 3.8) is 0 Å². The molecule has 0 unspecified atom stereocenters. The highest BCUT2D eigenvalue weighted by molar-refractivity contribution is 5.71. The monoisotopic (exact) mass is 150 g/mol. The second-order valence-corrected chi connectivity index (χ2v) is 2.86. The zero-order valence-corrected chi connectivity index (χ0v) is 6.29. The first kappa shape index (κ1) is 6.58. The van der Waals surface area contributed by atoms with Crippen molar-refractivity contribution < 1.29 is 4.79 Å². The smallest absolute Gasteiger partial charge is 0.170 e. The predicted octanol–water partition coefficient (Wildman–Crippen LogP) is 1.03. The minimum Gasteiger partial charge on any atom is -0.296 e. The first-order valence-corrected chi connectivity index (χ1v) is 3.92. The van der Waals surface area contributed by atoms with Gasteiger partial charge >= 0.3 is 0 Å². The maximum absolute atomic E-state index is 10.3. The predicted molar refractivity (Wildman–Crippen MR) is 40.6 cm³/mol. The number of hydrogen-bond acceptors (Lipinski definition) is 2. The normalized spacial score (nSPS) is 16.0. The van der Waals surface area contributed by atoms with Crippen molar-refractivity contribution >= 4 is 6.29 Å². The summed E-state index contributed by atoms with van der Waals surface area (Å²) < 4.78 is 1.94. The van der Waals surface area contributed by atoms with Crippen LogP contribution in [0.3, 0.4) is 0 Å². The Bertz CT molecular complexity index is 254. The zero-order chi connectivity index (χ0) is 7.68. The number of aldehydes is 1. The van der Waals surface area contributed by atoms with Gasteiger partial charge in [-0.3, -0.25) is 9.48 Å². The van der Waals surface area contributed by atoms with Crippen LogP contribution in [0, 0.1) is 0 Å². The quantitative estimate of drug-likeness (QED) is 0.560. The van der Waals surface area contributed by atoms with Crippen molar-refractivity contribution in [1.82, 2.24) is 9.78 Å². The number of aryl methyl sites for hydroxylation is 2. The summed E-state index contributed by atoms with van der Waals surface area (Å²) in [5.41, 5.74) is 1.78. The fraction of sp³-hybridized carbons (Fsp3) is 0.500. The fourth-order valence-electron chi connectivity index (χ4n) is 1.50. The van der Waals surface area contributed by atoms with Crippen LogP contribution in [0.2, 0.25) is 0 Å². The standard InChI is InChI=1S/C8H10N2O/c11-6-7-5-8-3-1-2-4-10(8)9-7/h5-6H,1-4H2. The molecule has 0 fully saturated rings. The van der Waals surface area contributed by atoms with Crippen LogP contribution in [-0.2, 0) is 13.0 Å². The lowest BCUT2D eigenvalue weighted by Crippen LogP contribution is -2.10. The Morgan fingerprint density at radius 3 is 3.18 bits per heavy atom. The molecule has 0 spiro atoms. The molecule has 11 heavy (non-hydrogen) atoms. The van der Waals surface area contributed by atoms with Gasteiger partial charge in [-0.15, -0.1) is 0 Å². The van der Waals surface area contributed by atoms with Gasteiger partial charge in [-0.25, -0.2) is 0 Å². The third kappa shape index (κ3) is 1.06. The summed E-state index contributed by atoms with van der Waals surface area (Å²) in [7, 11) is 0. The van der Waals surface area contributed by atoms with E-state index in [2.05, 4.69) is 5.10 Å². The van der Waals surface area contributed by atoms with Crippen LogP contribution in [0.5, 0.6) is 0 Å². The third-order valence-electron chi connectivity index (χ3n) is 2.06. The first-order valence-electron chi connectivity index (χ1n) is 3.92. The van der Waals surface area contributed by atoms with Gasteiger partial charge in [0.1, 0.15) is 5.69 Å². The van der Waals surface area contributed by atoms with Gasteiger partial charge in [0.25, 0.3) is 0 Å². The van der Waals surface area contributed by atoms with Gasteiger partial charge in [-0.1, -0.05) is 0 Å². The molecule has 0 amide bonds. The SMILES string of the molecule is O=Cc1cc2n(n1)CCCC2. The van der Waals surface area contributed by atoms with E-state index in [4.69, 9.17) is 0 Å². The molecule has 2 heterocycles. The summed E-state index contributed by atoms with van der Waals surface area (Å²) in [5.74, 6) is 0. The van der Waals surface area contributed by atoms with Crippen LogP contribution in [0.25, 0.3) is 0 Å². The number of fused-ring (bicyclic) bond motifs is 1. The van der Waals surface area contributed by atoms with Gasteiger partial charge < -0.3 is 0 Å². The lowest BCUT2D eigenvalue weighted by molar-refractivity contribution is 0.111. The average molecular weight is 150 g/mol. The fourth-order valence-corrected chi connectivity index (χ4v) is 1.50. The molecule has 0 bridgehead atoms. The lowest BCUT2D eigenvalue weighted by Gasteiger charge is -2.11. The van der Waals surface area contributed by atoms with Crippen molar-refractivity contribution in [2.24, 2.45) is 0 Å². The summed E-state index contributed by atoms with van der Waals surface area (Å²) in [5, 5.41) is 4.12. The van der Waals surface area contributed by atoms with Gasteiger partial charge in [-0.2, -0.15) is 5.10 Å². The molecule has 1 aliphatic rings. The Labute approximate surface area is 65.0 Å². The number of aromatic nitrogens is 2. The van der Waals surface area contributed by atoms with E-state index < -0.39 is 0 Å². The minimum absolute atomic E-state index is 0.571. The molecule has 1 aromatic heterocycles. The largest absolute Gasteiger partial charge is 0.296 e. The van der Waals surface area contributed by atoms with Crippen molar-refractivity contribution in [1.29, 1.82) is 0 Å². The van der Waals surface area contributed by atoms with E-state index in [0.29, 0.717) is 5.69 Å². The number of nitrogens with zero attached hydrogens (tertiary/aromatic N) is 2. The third-order valence-corrected chi connectivity index (χ3v) is 2.06. The molecule has 0 atom stereocenters. The highest BCUT2D eigenvalue weighted by atomic mass is 16.1. The minimum atomic E-state index is 0.571. The summed E-state index contributed by atoms with van der Waals surface area (Å²) in [6.07, 6.45) is 4.29. The highest BCUT2D eigenvalue weighted by Crippen LogP contribution is 2.13. The van der Waals surface area contributed by atoms with Crippen molar-refractivity contribution in [2.45, 2.75) is 25.8 Å². The maximum atomic E-state index is 10.3. The maximum Gasteiger partial charge on any atom is 0.170 e. The van der Waals surface area contributed by atoms with Crippen LogP contribution in [0.15, 0.2) is 6.07 Å². The van der Waals surface area contributed by atoms with Crippen LogP contribution >= 0.6 is 0 Å². The summed E-state index contributed by atoms with van der Waals surface area (Å²) in [6, 6.07) is 1.88. The molecule has 1 aromatic rings. The molecule has 58 valence electrons. The van der Waals surface area contributed by atoms with Gasteiger partial charge in [-0.05, 0) is 25.3 Å². The van der Waals surface area contributed by atoms with E-state index in [1.165, 1.54) is 18.5 Å². The molecule has 0 aliphatic carbocycles. The van der Waals surface area contributed by atoms with E-state index in [9.17, 15) is 4.79 Å². The summed E-state index contributed by atoms with van der Waals surface area (Å²) >= 11 is 0. The van der Waals surface area contributed by atoms with Crippen LogP contribution in [0.4, 0.5) is 0 Å². The van der Waals surface area contributed by atoms with E-state index in [1.807, 2.05) is 10.7 Å². The molecule has 0 saturated carbocycles. The molecule has 0 N–H and O–H groups in total. The number of carbonyl (C=O) groups excluding carboxylic acids is 1. The Morgan fingerprint density at radius 2 is 2.45 bits per heavy atom. The van der Waals surface area contributed by atoms with Gasteiger partial charge in [0.15, 0.2) is 6.29 Å². The van der Waals surface area contributed by atoms with E-state index >= 15 is 0 Å². The molecular weight excluding hydrogens is 140 g/mol. The van der Waals surface area contributed by atoms with Crippen molar-refractivity contribution in [3.8, 4) is 0 Å². The van der Waals surface area contributed by atoms with E-state index in [0.717, 1.165) is 19.3 Å².